The summed E-state index contributed by atoms with van der Waals surface area (Å²) in [5, 5.41) is 19.5. The van der Waals surface area contributed by atoms with Gasteiger partial charge in [0.05, 0.1) is 6.04 Å². The average molecular weight is 386 g/mol. The Morgan fingerprint density at radius 1 is 1.22 bits per heavy atom. The summed E-state index contributed by atoms with van der Waals surface area (Å²) in [4.78, 5) is 0. The van der Waals surface area contributed by atoms with Crippen molar-refractivity contribution in [2.75, 3.05) is 0 Å². The molecule has 3 rings (SSSR count). The quantitative estimate of drug-likeness (QED) is 0.816. The van der Waals surface area contributed by atoms with Gasteiger partial charge in [0.15, 0.2) is 5.15 Å². The van der Waals surface area contributed by atoms with E-state index in [1.807, 2.05) is 13.8 Å². The molecule has 1 aliphatic heterocycles. The lowest BCUT2D eigenvalue weighted by atomic mass is 9.78. The third-order valence-corrected chi connectivity index (χ3v) is 4.10. The van der Waals surface area contributed by atoms with Gasteiger partial charge in [-0.25, -0.2) is 9.07 Å². The van der Waals surface area contributed by atoms with Gasteiger partial charge in [-0.15, -0.1) is 40.1 Å². The number of aromatic nitrogens is 5. The topological polar surface area (TPSA) is 68.5 Å². The summed E-state index contributed by atoms with van der Waals surface area (Å²) in [6.45, 7) is 7.81. The lowest BCUT2D eigenvalue weighted by Gasteiger charge is -2.48. The molecular formula is C13H20Cl3FN6. The first-order chi connectivity index (χ1) is 9.70. The second-order valence-corrected chi connectivity index (χ2v) is 7.20. The summed E-state index contributed by atoms with van der Waals surface area (Å²) in [5.74, 6) is 0. The van der Waals surface area contributed by atoms with Crippen LogP contribution in [0.1, 0.15) is 40.2 Å². The molecule has 1 fully saturated rings. The maximum Gasteiger partial charge on any atom is 0.201 e. The molecule has 0 unspecified atom stereocenters. The fraction of sp³-hybridized carbons (Fsp3) is 0.692. The van der Waals surface area contributed by atoms with E-state index in [9.17, 15) is 4.39 Å². The van der Waals surface area contributed by atoms with Gasteiger partial charge in [0.25, 0.3) is 0 Å². The van der Waals surface area contributed by atoms with Crippen molar-refractivity contribution in [3.8, 4) is 0 Å². The maximum absolute atomic E-state index is 14.9. The lowest BCUT2D eigenvalue weighted by Crippen LogP contribution is -2.64. The first kappa shape index (κ1) is 20.3. The predicted octanol–water partition coefficient (Wildman–Crippen LogP) is 3.15. The van der Waals surface area contributed by atoms with Crippen LogP contribution in [-0.2, 0) is 0 Å². The van der Waals surface area contributed by atoms with Crippen LogP contribution in [0.25, 0.3) is 11.2 Å². The van der Waals surface area contributed by atoms with Crippen LogP contribution in [0.5, 0.6) is 0 Å². The zero-order valence-electron chi connectivity index (χ0n) is 13.2. The zero-order valence-corrected chi connectivity index (χ0v) is 15.6. The van der Waals surface area contributed by atoms with Crippen molar-refractivity contribution in [2.45, 2.75) is 57.4 Å². The van der Waals surface area contributed by atoms with Crippen molar-refractivity contribution in [1.29, 1.82) is 0 Å². The molecular weight excluding hydrogens is 366 g/mol. The standard InChI is InChI=1S/C13H18ClFN6.2ClH/c1-12(2)6-8(10(15)13(3,4)19-12)21-11-7(16-20-21)5-9(14)17-18-11;;/h5,8,10,19H,6H2,1-4H3;2*1H/t8-,10-;;/m0../s1. The van der Waals surface area contributed by atoms with Crippen molar-refractivity contribution in [3.05, 3.63) is 11.2 Å². The molecule has 3 heterocycles. The summed E-state index contributed by atoms with van der Waals surface area (Å²) in [5.41, 5.74) is 0.108. The molecule has 0 radical (unpaired) electrons. The summed E-state index contributed by atoms with van der Waals surface area (Å²) in [6, 6.07) is 1.13. The van der Waals surface area contributed by atoms with E-state index in [1.165, 1.54) is 4.68 Å². The molecule has 2 aromatic heterocycles. The van der Waals surface area contributed by atoms with Gasteiger partial charge in [-0.1, -0.05) is 16.8 Å². The van der Waals surface area contributed by atoms with E-state index in [2.05, 4.69) is 39.7 Å². The molecule has 0 aromatic carbocycles. The van der Waals surface area contributed by atoms with Crippen LogP contribution in [0.2, 0.25) is 5.15 Å². The first-order valence-corrected chi connectivity index (χ1v) is 7.25. The molecule has 0 amide bonds. The van der Waals surface area contributed by atoms with Crippen LogP contribution in [-0.4, -0.2) is 42.4 Å². The van der Waals surface area contributed by atoms with E-state index in [-0.39, 0.29) is 35.5 Å². The third kappa shape index (κ3) is 3.68. The Morgan fingerprint density at radius 2 is 1.87 bits per heavy atom. The molecule has 2 atom stereocenters. The summed E-state index contributed by atoms with van der Waals surface area (Å²) < 4.78 is 16.4. The molecule has 1 N–H and O–H groups in total. The normalized spacial score (nSPS) is 25.5. The Hall–Kier alpha value is -0.760. The minimum Gasteiger partial charge on any atom is -0.304 e. The van der Waals surface area contributed by atoms with E-state index >= 15 is 0 Å². The van der Waals surface area contributed by atoms with E-state index in [0.29, 0.717) is 17.6 Å². The van der Waals surface area contributed by atoms with Crippen molar-refractivity contribution in [1.82, 2.24) is 30.5 Å². The van der Waals surface area contributed by atoms with Crippen LogP contribution in [0, 0.1) is 0 Å². The summed E-state index contributed by atoms with van der Waals surface area (Å²) in [7, 11) is 0. The van der Waals surface area contributed by atoms with Crippen molar-refractivity contribution < 1.29 is 4.39 Å². The van der Waals surface area contributed by atoms with Crippen molar-refractivity contribution in [3.63, 3.8) is 0 Å². The smallest absolute Gasteiger partial charge is 0.201 e. The molecule has 23 heavy (non-hydrogen) atoms. The molecule has 130 valence electrons. The van der Waals surface area contributed by atoms with Gasteiger partial charge in [0, 0.05) is 17.1 Å². The second kappa shape index (κ2) is 6.63. The molecule has 1 aliphatic rings. The van der Waals surface area contributed by atoms with Crippen LogP contribution < -0.4 is 5.32 Å². The van der Waals surface area contributed by atoms with Crippen LogP contribution >= 0.6 is 36.4 Å². The first-order valence-electron chi connectivity index (χ1n) is 6.87. The minimum atomic E-state index is -1.12. The molecule has 10 heteroatoms. The van der Waals surface area contributed by atoms with Gasteiger partial charge in [0.1, 0.15) is 11.7 Å². The average Bonchev–Trinajstić information content (AvgIpc) is 2.75. The van der Waals surface area contributed by atoms with Crippen LogP contribution in [0.15, 0.2) is 6.07 Å². The van der Waals surface area contributed by atoms with E-state index in [1.54, 1.807) is 6.07 Å². The minimum absolute atomic E-state index is 0. The fourth-order valence-electron chi connectivity index (χ4n) is 3.26. The molecule has 0 saturated carbocycles. The maximum atomic E-state index is 14.9. The highest BCUT2D eigenvalue weighted by molar-refractivity contribution is 6.29. The Labute approximate surface area is 151 Å². The third-order valence-electron chi connectivity index (χ3n) is 3.91. The highest BCUT2D eigenvalue weighted by Crippen LogP contribution is 2.38. The van der Waals surface area contributed by atoms with E-state index < -0.39 is 17.8 Å². The Balaban J connectivity index is 0.00000132. The number of fused-ring (bicyclic) bond motifs is 1. The number of hydrogen-bond donors (Lipinski definition) is 1. The van der Waals surface area contributed by atoms with Crippen LogP contribution in [0.3, 0.4) is 0 Å². The molecule has 0 aliphatic carbocycles. The fourth-order valence-corrected chi connectivity index (χ4v) is 3.40. The second-order valence-electron chi connectivity index (χ2n) is 6.81. The SMILES string of the molecule is CC1(C)C[C@H](n2nnc3cc(Cl)nnc32)[C@H](F)C(C)(C)N1.Cl.Cl. The number of nitrogens with zero attached hydrogens (tertiary/aromatic N) is 5. The summed E-state index contributed by atoms with van der Waals surface area (Å²) in [6.07, 6.45) is -0.534. The van der Waals surface area contributed by atoms with Gasteiger partial charge in [-0.2, -0.15) is 0 Å². The monoisotopic (exact) mass is 384 g/mol. The molecule has 0 spiro atoms. The molecule has 0 bridgehead atoms. The van der Waals surface area contributed by atoms with Gasteiger partial charge in [-0.05, 0) is 34.1 Å². The number of halogens is 4. The molecule has 2 aromatic rings. The van der Waals surface area contributed by atoms with E-state index in [0.717, 1.165) is 0 Å². The zero-order chi connectivity index (χ0) is 15.4. The number of rotatable bonds is 1. The predicted molar refractivity (Wildman–Crippen MR) is 92.5 cm³/mol. The summed E-state index contributed by atoms with van der Waals surface area (Å²) >= 11 is 5.80. The molecule has 6 nitrogen and oxygen atoms in total. The van der Waals surface area contributed by atoms with Gasteiger partial charge >= 0.3 is 0 Å². The largest absolute Gasteiger partial charge is 0.304 e. The highest BCUT2D eigenvalue weighted by atomic mass is 35.5. The number of piperidine rings is 1. The Bertz CT molecular complexity index is 689. The van der Waals surface area contributed by atoms with Crippen molar-refractivity contribution in [2.24, 2.45) is 0 Å². The Kier molecular flexibility index (Phi) is 5.84. The van der Waals surface area contributed by atoms with Gasteiger partial charge < -0.3 is 5.32 Å². The van der Waals surface area contributed by atoms with Gasteiger partial charge in [0.2, 0.25) is 5.65 Å². The highest BCUT2D eigenvalue weighted by Gasteiger charge is 2.48. The van der Waals surface area contributed by atoms with E-state index in [4.69, 9.17) is 11.6 Å². The van der Waals surface area contributed by atoms with Crippen molar-refractivity contribution >= 4 is 47.6 Å². The molecule has 1 saturated heterocycles. The number of alkyl halides is 1. The number of hydrogen-bond acceptors (Lipinski definition) is 5. The Morgan fingerprint density at radius 3 is 2.52 bits per heavy atom. The van der Waals surface area contributed by atoms with Gasteiger partial charge in [-0.3, -0.25) is 0 Å². The van der Waals surface area contributed by atoms with Crippen LogP contribution in [0.4, 0.5) is 4.39 Å². The number of nitrogens with one attached hydrogen (secondary N) is 1. The lowest BCUT2D eigenvalue weighted by molar-refractivity contribution is 0.0257.